The zero-order chi connectivity index (χ0) is 25.5. The molecule has 3 heterocycles. The number of ether oxygens (including phenoxy) is 1. The Labute approximate surface area is 212 Å². The molecule has 0 fully saturated rings. The third-order valence-electron chi connectivity index (χ3n) is 5.20. The van der Waals surface area contributed by atoms with Crippen LogP contribution in [0.25, 0.3) is 0 Å². The fraction of sp³-hybridized carbons (Fsp3) is 0.200. The summed E-state index contributed by atoms with van der Waals surface area (Å²) < 4.78 is 5.78. The fourth-order valence-electron chi connectivity index (χ4n) is 3.37. The van der Waals surface area contributed by atoms with Gasteiger partial charge in [0, 0.05) is 30.6 Å². The van der Waals surface area contributed by atoms with Gasteiger partial charge in [-0.05, 0) is 42.5 Å². The summed E-state index contributed by atoms with van der Waals surface area (Å²) in [6.07, 6.45) is 3.28. The number of carbonyl (C=O) groups is 2. The number of anilines is 1. The lowest BCUT2D eigenvalue weighted by Gasteiger charge is -2.32. The monoisotopic (exact) mass is 503 g/mol. The molecule has 11 heteroatoms. The van der Waals surface area contributed by atoms with Crippen molar-refractivity contribution < 1.29 is 14.3 Å². The predicted molar refractivity (Wildman–Crippen MR) is 133 cm³/mol. The van der Waals surface area contributed by atoms with Gasteiger partial charge in [-0.25, -0.2) is 9.98 Å². The fourth-order valence-corrected chi connectivity index (χ4v) is 3.48. The lowest BCUT2D eigenvalue weighted by atomic mass is 10.2. The van der Waals surface area contributed by atoms with Gasteiger partial charge in [0.25, 0.3) is 5.91 Å². The van der Waals surface area contributed by atoms with Gasteiger partial charge in [0.1, 0.15) is 29.3 Å². The average molecular weight is 504 g/mol. The van der Waals surface area contributed by atoms with Crippen LogP contribution in [0.3, 0.4) is 0 Å². The number of nitrogens with one attached hydrogen (secondary N) is 2. The van der Waals surface area contributed by atoms with Gasteiger partial charge in [0.2, 0.25) is 11.9 Å². The van der Waals surface area contributed by atoms with Gasteiger partial charge < -0.3 is 15.4 Å². The minimum Gasteiger partial charge on any atom is -0.457 e. The van der Waals surface area contributed by atoms with Crippen molar-refractivity contribution in [3.05, 3.63) is 77.3 Å². The zero-order valence-electron chi connectivity index (χ0n) is 19.3. The third-order valence-corrected chi connectivity index (χ3v) is 5.42. The molecule has 36 heavy (non-hydrogen) atoms. The largest absolute Gasteiger partial charge is 0.457 e. The number of aromatic nitrogens is 2. The summed E-state index contributed by atoms with van der Waals surface area (Å²) in [6, 6.07) is 14.9. The van der Waals surface area contributed by atoms with Crippen molar-refractivity contribution in [3.63, 3.8) is 0 Å². The average Bonchev–Trinajstić information content (AvgIpc) is 2.90. The van der Waals surface area contributed by atoms with Crippen LogP contribution in [0.2, 0.25) is 5.02 Å². The summed E-state index contributed by atoms with van der Waals surface area (Å²) in [5.74, 6) is 0.863. The SMILES string of the molecule is CCC(=O)NC1CN=C(Nc2ccc(Oc3ccnc(C#N)c3)cc2)N(Cc2ccc(Cl)cn2)C1=O. The molecular weight excluding hydrogens is 482 g/mol. The Morgan fingerprint density at radius 3 is 2.69 bits per heavy atom. The number of rotatable bonds is 7. The highest BCUT2D eigenvalue weighted by atomic mass is 35.5. The molecule has 0 saturated carbocycles. The number of nitrogens with zero attached hydrogens (tertiary/aromatic N) is 5. The Kier molecular flexibility index (Phi) is 7.72. The lowest BCUT2D eigenvalue weighted by Crippen LogP contribution is -2.56. The van der Waals surface area contributed by atoms with E-state index >= 15 is 0 Å². The van der Waals surface area contributed by atoms with Crippen LogP contribution >= 0.6 is 11.6 Å². The maximum Gasteiger partial charge on any atom is 0.254 e. The molecule has 1 aromatic carbocycles. The second-order valence-electron chi connectivity index (χ2n) is 7.77. The van der Waals surface area contributed by atoms with Crippen LogP contribution in [0.4, 0.5) is 5.69 Å². The van der Waals surface area contributed by atoms with E-state index in [-0.39, 0.29) is 37.0 Å². The van der Waals surface area contributed by atoms with Crippen molar-refractivity contribution in [2.45, 2.75) is 25.9 Å². The summed E-state index contributed by atoms with van der Waals surface area (Å²) in [7, 11) is 0. The van der Waals surface area contributed by atoms with E-state index in [9.17, 15) is 9.59 Å². The highest BCUT2D eigenvalue weighted by molar-refractivity contribution is 6.30. The lowest BCUT2D eigenvalue weighted by molar-refractivity contribution is -0.134. The second-order valence-corrected chi connectivity index (χ2v) is 8.21. The molecule has 0 saturated heterocycles. The van der Waals surface area contributed by atoms with Gasteiger partial charge in [-0.1, -0.05) is 18.5 Å². The van der Waals surface area contributed by atoms with E-state index < -0.39 is 6.04 Å². The number of amides is 2. The molecule has 0 radical (unpaired) electrons. The van der Waals surface area contributed by atoms with Crippen LogP contribution < -0.4 is 15.4 Å². The van der Waals surface area contributed by atoms with E-state index in [1.165, 1.54) is 17.3 Å². The number of hydrogen-bond donors (Lipinski definition) is 2. The van der Waals surface area contributed by atoms with Crippen LogP contribution in [-0.2, 0) is 16.1 Å². The first-order valence-corrected chi connectivity index (χ1v) is 11.5. The van der Waals surface area contributed by atoms with Gasteiger partial charge in [-0.15, -0.1) is 0 Å². The predicted octanol–water partition coefficient (Wildman–Crippen LogP) is 3.50. The summed E-state index contributed by atoms with van der Waals surface area (Å²) >= 11 is 5.94. The normalized spacial score (nSPS) is 15.0. The minimum atomic E-state index is -0.759. The van der Waals surface area contributed by atoms with Crippen LogP contribution in [0.5, 0.6) is 11.5 Å². The molecule has 2 amide bonds. The molecule has 182 valence electrons. The van der Waals surface area contributed by atoms with Crippen molar-refractivity contribution in [2.24, 2.45) is 4.99 Å². The Morgan fingerprint density at radius 1 is 1.19 bits per heavy atom. The van der Waals surface area contributed by atoms with Crippen LogP contribution in [0.15, 0.2) is 65.9 Å². The number of pyridine rings is 2. The Morgan fingerprint density at radius 2 is 2.00 bits per heavy atom. The molecule has 4 rings (SSSR count). The van der Waals surface area contributed by atoms with Crippen molar-refractivity contribution in [3.8, 4) is 17.6 Å². The van der Waals surface area contributed by atoms with Gasteiger partial charge in [0.05, 0.1) is 23.8 Å². The maximum atomic E-state index is 13.2. The number of benzene rings is 1. The molecular formula is C25H22ClN7O3. The van der Waals surface area contributed by atoms with E-state index in [0.717, 1.165) is 0 Å². The summed E-state index contributed by atoms with van der Waals surface area (Å²) in [5, 5.41) is 15.4. The summed E-state index contributed by atoms with van der Waals surface area (Å²) in [5.41, 5.74) is 1.54. The molecule has 1 unspecified atom stereocenters. The van der Waals surface area contributed by atoms with Gasteiger partial charge in [0.15, 0.2) is 0 Å². The van der Waals surface area contributed by atoms with E-state index in [4.69, 9.17) is 21.6 Å². The van der Waals surface area contributed by atoms with Gasteiger partial charge in [-0.2, -0.15) is 5.26 Å². The first kappa shape index (κ1) is 24.6. The molecule has 0 aliphatic carbocycles. The third kappa shape index (κ3) is 6.14. The van der Waals surface area contributed by atoms with Crippen molar-refractivity contribution in [2.75, 3.05) is 11.9 Å². The van der Waals surface area contributed by atoms with Gasteiger partial charge >= 0.3 is 0 Å². The zero-order valence-corrected chi connectivity index (χ0v) is 20.1. The molecule has 1 atom stereocenters. The number of halogens is 1. The number of guanidine groups is 1. The van der Waals surface area contributed by atoms with Gasteiger partial charge in [-0.3, -0.25) is 19.5 Å². The number of carbonyl (C=O) groups excluding carboxylic acids is 2. The molecule has 1 aliphatic heterocycles. The van der Waals surface area contributed by atoms with Crippen LogP contribution in [0, 0.1) is 11.3 Å². The van der Waals surface area contributed by atoms with E-state index in [2.05, 4.69) is 25.6 Å². The number of aliphatic imine (C=N–C) groups is 1. The molecule has 2 aromatic heterocycles. The molecule has 1 aliphatic rings. The van der Waals surface area contributed by atoms with E-state index in [1.54, 1.807) is 55.5 Å². The summed E-state index contributed by atoms with van der Waals surface area (Å²) in [4.78, 5) is 39.3. The topological polar surface area (TPSA) is 133 Å². The van der Waals surface area contributed by atoms with Crippen molar-refractivity contribution in [1.29, 1.82) is 5.26 Å². The van der Waals surface area contributed by atoms with E-state index in [0.29, 0.717) is 33.9 Å². The number of nitriles is 1. The molecule has 0 bridgehead atoms. The highest BCUT2D eigenvalue weighted by Gasteiger charge is 2.33. The highest BCUT2D eigenvalue weighted by Crippen LogP contribution is 2.24. The smallest absolute Gasteiger partial charge is 0.254 e. The first-order chi connectivity index (χ1) is 17.4. The standard InChI is InChI=1S/C25H22ClN7O3/c1-2-23(34)32-22-14-30-25(33(24(22)35)15-18-4-3-16(26)13-29-18)31-17-5-7-20(8-6-17)36-21-9-10-28-19(11-21)12-27/h3-11,13,22H,2,14-15H2,1H3,(H,30,31)(H,32,34). The molecule has 2 N–H and O–H groups in total. The minimum absolute atomic E-state index is 0.113. The first-order valence-electron chi connectivity index (χ1n) is 11.1. The van der Waals surface area contributed by atoms with Crippen molar-refractivity contribution >= 4 is 35.1 Å². The Balaban J connectivity index is 1.51. The maximum absolute atomic E-state index is 13.2. The summed E-state index contributed by atoms with van der Waals surface area (Å²) in [6.45, 7) is 1.98. The Bertz CT molecular complexity index is 1320. The molecule has 0 spiro atoms. The second kappa shape index (κ2) is 11.3. The molecule has 10 nitrogen and oxygen atoms in total. The number of hydrogen-bond acceptors (Lipinski definition) is 8. The quantitative estimate of drug-likeness (QED) is 0.504. The van der Waals surface area contributed by atoms with Crippen molar-refractivity contribution in [1.82, 2.24) is 20.2 Å². The molecule has 3 aromatic rings. The Hall–Kier alpha value is -4.49. The van der Waals surface area contributed by atoms with Crippen LogP contribution in [-0.4, -0.2) is 45.2 Å². The van der Waals surface area contributed by atoms with E-state index in [1.807, 2.05) is 6.07 Å². The van der Waals surface area contributed by atoms with Crippen LogP contribution in [0.1, 0.15) is 24.7 Å².